The Kier molecular flexibility index (Phi) is 12.1. The Morgan fingerprint density at radius 1 is 0.969 bits per heavy atom. The lowest BCUT2D eigenvalue weighted by Gasteiger charge is -2.35. The molecule has 1 aliphatic carbocycles. The lowest BCUT2D eigenvalue weighted by Crippen LogP contribution is -2.51. The molecule has 2 rings (SSSR count). The molecule has 5 heteroatoms. The topological polar surface area (TPSA) is 70.0 Å². The Morgan fingerprint density at radius 2 is 1.50 bits per heavy atom. The van der Waals surface area contributed by atoms with Crippen LogP contribution < -0.4 is 0 Å². The maximum atomic E-state index is 11.8. The van der Waals surface area contributed by atoms with Crippen molar-refractivity contribution in [2.45, 2.75) is 148 Å². The number of carboxylic acid groups (broad SMARTS) is 1. The molecule has 1 aliphatic heterocycles. The first kappa shape index (κ1) is 27.2. The van der Waals surface area contributed by atoms with Gasteiger partial charge in [-0.1, -0.05) is 83.1 Å². The highest BCUT2D eigenvalue weighted by molar-refractivity contribution is 5.67. The molecule has 2 atom stereocenters. The van der Waals surface area contributed by atoms with Crippen LogP contribution in [0.5, 0.6) is 0 Å². The average Bonchev–Trinajstić information content (AvgIpc) is 3.09. The largest absolute Gasteiger partial charge is 0.465 e. The minimum absolute atomic E-state index is 0.260. The van der Waals surface area contributed by atoms with E-state index in [4.69, 9.17) is 4.74 Å². The Labute approximate surface area is 196 Å². The number of rotatable bonds is 15. The third-order valence-corrected chi connectivity index (χ3v) is 7.41. The zero-order chi connectivity index (χ0) is 23.4. The maximum absolute atomic E-state index is 11.8. The summed E-state index contributed by atoms with van der Waals surface area (Å²) in [4.78, 5) is 13.1. The van der Waals surface area contributed by atoms with E-state index in [0.717, 1.165) is 31.3 Å². The number of hydrogen-bond donors (Lipinski definition) is 2. The van der Waals surface area contributed by atoms with Gasteiger partial charge in [-0.15, -0.1) is 0 Å². The van der Waals surface area contributed by atoms with E-state index in [-0.39, 0.29) is 6.61 Å². The Hall–Kier alpha value is -1.07. The molecule has 2 aliphatic rings. The Balaban J connectivity index is 1.72. The predicted octanol–water partition coefficient (Wildman–Crippen LogP) is 7.42. The number of nitrogens with zero attached hydrogens (tertiary/aromatic N) is 1. The van der Waals surface area contributed by atoms with Gasteiger partial charge < -0.3 is 14.9 Å². The smallest absolute Gasteiger partial charge is 0.410 e. The summed E-state index contributed by atoms with van der Waals surface area (Å²) in [6.45, 7) is 6.05. The van der Waals surface area contributed by atoms with E-state index in [2.05, 4.69) is 6.92 Å². The molecule has 0 radical (unpaired) electrons. The number of unbranched alkanes of at least 4 members (excludes halogenated alkanes) is 11. The molecule has 32 heavy (non-hydrogen) atoms. The summed E-state index contributed by atoms with van der Waals surface area (Å²) >= 11 is 0. The van der Waals surface area contributed by atoms with E-state index < -0.39 is 24.0 Å². The summed E-state index contributed by atoms with van der Waals surface area (Å²) in [5, 5.41) is 20.8. The highest BCUT2D eigenvalue weighted by atomic mass is 16.5. The Morgan fingerprint density at radius 3 is 2.06 bits per heavy atom. The van der Waals surface area contributed by atoms with E-state index in [1.165, 1.54) is 93.9 Å². The fourth-order valence-corrected chi connectivity index (χ4v) is 5.48. The number of allylic oxidation sites excluding steroid dienone is 1. The number of ether oxygens (including phenoxy) is 1. The molecule has 0 aromatic rings. The summed E-state index contributed by atoms with van der Waals surface area (Å²) in [5.74, 6) is 0. The molecular formula is C27H49NO4. The van der Waals surface area contributed by atoms with Gasteiger partial charge in [-0.3, -0.25) is 4.90 Å². The summed E-state index contributed by atoms with van der Waals surface area (Å²) in [6.07, 6.45) is 19.6. The molecule has 1 amide bonds. The number of aliphatic hydroxyl groups is 1. The average molecular weight is 452 g/mol. The maximum Gasteiger partial charge on any atom is 0.410 e. The van der Waals surface area contributed by atoms with E-state index in [0.29, 0.717) is 0 Å². The second-order valence-corrected chi connectivity index (χ2v) is 10.4. The van der Waals surface area contributed by atoms with E-state index in [1.807, 2.05) is 0 Å². The number of carbonyl (C=O) groups is 1. The van der Waals surface area contributed by atoms with Crippen LogP contribution in [0.1, 0.15) is 130 Å². The summed E-state index contributed by atoms with van der Waals surface area (Å²) in [7, 11) is 0. The standard InChI is InChI=1S/C27H49NO4/c1-4-5-6-7-8-9-10-11-12-13-14-15-18-22-19-16-17-20-23(22)25(29)24-21-32-27(2,3)28(24)26(30)31/h24-25,29H,4-21H2,1-3H3,(H,30,31)/t24-,25+/m0/s1. The lowest BCUT2D eigenvalue weighted by atomic mass is 9.83. The molecular weight excluding hydrogens is 402 g/mol. The zero-order valence-electron chi connectivity index (χ0n) is 21.0. The second-order valence-electron chi connectivity index (χ2n) is 10.4. The quantitative estimate of drug-likeness (QED) is 0.201. The highest BCUT2D eigenvalue weighted by Crippen LogP contribution is 2.36. The zero-order valence-corrected chi connectivity index (χ0v) is 21.0. The molecule has 186 valence electrons. The molecule has 1 fully saturated rings. The van der Waals surface area contributed by atoms with Gasteiger partial charge in [0.1, 0.15) is 5.72 Å². The van der Waals surface area contributed by atoms with Gasteiger partial charge in [0.2, 0.25) is 0 Å². The molecule has 0 bridgehead atoms. The molecule has 0 saturated carbocycles. The first-order valence-electron chi connectivity index (χ1n) is 13.4. The van der Waals surface area contributed by atoms with Gasteiger partial charge in [0.25, 0.3) is 0 Å². The van der Waals surface area contributed by atoms with Crippen molar-refractivity contribution in [3.05, 3.63) is 11.1 Å². The van der Waals surface area contributed by atoms with Crippen molar-refractivity contribution in [3.63, 3.8) is 0 Å². The molecule has 0 spiro atoms. The van der Waals surface area contributed by atoms with Gasteiger partial charge in [-0.2, -0.15) is 0 Å². The van der Waals surface area contributed by atoms with Crippen molar-refractivity contribution in [2.75, 3.05) is 6.61 Å². The van der Waals surface area contributed by atoms with Crippen LogP contribution in [0, 0.1) is 0 Å². The van der Waals surface area contributed by atoms with Crippen LogP contribution in [-0.2, 0) is 4.74 Å². The van der Waals surface area contributed by atoms with Crippen LogP contribution in [-0.4, -0.2) is 45.7 Å². The second kappa shape index (κ2) is 14.2. The number of amides is 1. The summed E-state index contributed by atoms with van der Waals surface area (Å²) in [6, 6.07) is -0.507. The fourth-order valence-electron chi connectivity index (χ4n) is 5.48. The van der Waals surface area contributed by atoms with Gasteiger partial charge in [-0.05, 0) is 57.9 Å². The molecule has 5 nitrogen and oxygen atoms in total. The molecule has 2 N–H and O–H groups in total. The van der Waals surface area contributed by atoms with Crippen molar-refractivity contribution >= 4 is 6.09 Å². The third-order valence-electron chi connectivity index (χ3n) is 7.41. The Bertz CT molecular complexity index is 586. The van der Waals surface area contributed by atoms with Crippen LogP contribution in [0.3, 0.4) is 0 Å². The molecule has 0 aromatic heterocycles. The SMILES string of the molecule is CCCCCCCCCCCCCCC1=C([C@@H](O)[C@@H]2COC(C)(C)N2C(=O)O)CCCC1. The van der Waals surface area contributed by atoms with E-state index in [9.17, 15) is 15.0 Å². The minimum atomic E-state index is -1.02. The van der Waals surface area contributed by atoms with Gasteiger partial charge in [0, 0.05) is 0 Å². The van der Waals surface area contributed by atoms with Gasteiger partial charge in [0.05, 0.1) is 18.8 Å². The van der Waals surface area contributed by atoms with Gasteiger partial charge in [0.15, 0.2) is 0 Å². The van der Waals surface area contributed by atoms with Crippen LogP contribution in [0.4, 0.5) is 4.79 Å². The lowest BCUT2D eigenvalue weighted by molar-refractivity contribution is -0.0454. The van der Waals surface area contributed by atoms with Crippen LogP contribution in [0.25, 0.3) is 0 Å². The molecule has 1 saturated heterocycles. The molecule has 0 aromatic carbocycles. The predicted molar refractivity (Wildman–Crippen MR) is 131 cm³/mol. The fraction of sp³-hybridized carbons (Fsp3) is 0.889. The van der Waals surface area contributed by atoms with Crippen LogP contribution in [0.15, 0.2) is 11.1 Å². The first-order chi connectivity index (χ1) is 15.4. The minimum Gasteiger partial charge on any atom is -0.465 e. The molecule has 1 heterocycles. The van der Waals surface area contributed by atoms with Gasteiger partial charge >= 0.3 is 6.09 Å². The number of hydrogen-bond acceptors (Lipinski definition) is 3. The van der Waals surface area contributed by atoms with Crippen LogP contribution in [0.2, 0.25) is 0 Å². The third kappa shape index (κ3) is 8.37. The van der Waals surface area contributed by atoms with E-state index in [1.54, 1.807) is 13.8 Å². The van der Waals surface area contributed by atoms with E-state index >= 15 is 0 Å². The van der Waals surface area contributed by atoms with Crippen molar-refractivity contribution in [1.29, 1.82) is 0 Å². The molecule has 0 unspecified atom stereocenters. The van der Waals surface area contributed by atoms with Crippen molar-refractivity contribution < 1.29 is 19.7 Å². The van der Waals surface area contributed by atoms with Crippen molar-refractivity contribution in [2.24, 2.45) is 0 Å². The first-order valence-corrected chi connectivity index (χ1v) is 13.4. The van der Waals surface area contributed by atoms with Crippen molar-refractivity contribution in [1.82, 2.24) is 4.90 Å². The summed E-state index contributed by atoms with van der Waals surface area (Å²) in [5.41, 5.74) is 1.59. The normalized spacial score (nSPS) is 21.9. The monoisotopic (exact) mass is 451 g/mol. The number of aliphatic hydroxyl groups excluding tert-OH is 1. The summed E-state index contributed by atoms with van der Waals surface area (Å²) < 4.78 is 5.71. The van der Waals surface area contributed by atoms with Crippen molar-refractivity contribution in [3.8, 4) is 0 Å². The van der Waals surface area contributed by atoms with Crippen LogP contribution >= 0.6 is 0 Å². The van der Waals surface area contributed by atoms with Gasteiger partial charge in [-0.25, -0.2) is 4.79 Å². The highest BCUT2D eigenvalue weighted by Gasteiger charge is 2.47.